The van der Waals surface area contributed by atoms with E-state index >= 15 is 0 Å². The molecule has 0 aliphatic rings. The van der Waals surface area contributed by atoms with Crippen LogP contribution in [0.15, 0.2) is 53.9 Å². The molecule has 0 spiro atoms. The van der Waals surface area contributed by atoms with Crippen LogP contribution in [0.25, 0.3) is 11.3 Å². The van der Waals surface area contributed by atoms with Crippen molar-refractivity contribution in [3.8, 4) is 11.3 Å². The van der Waals surface area contributed by atoms with E-state index in [1.165, 1.54) is 5.56 Å². The second-order valence-electron chi connectivity index (χ2n) is 9.46. The molecule has 0 fully saturated rings. The van der Waals surface area contributed by atoms with Crippen molar-refractivity contribution in [1.29, 1.82) is 0 Å². The number of halogens is 1. The molecule has 40 heavy (non-hydrogen) atoms. The predicted molar refractivity (Wildman–Crippen MR) is 171 cm³/mol. The third kappa shape index (κ3) is 8.48. The Morgan fingerprint density at radius 3 is 1.85 bits per heavy atom. The average molecular weight is 644 g/mol. The minimum atomic E-state index is -0.382. The second kappa shape index (κ2) is 14.2. The highest BCUT2D eigenvalue weighted by molar-refractivity contribution is 8.93. The van der Waals surface area contributed by atoms with Gasteiger partial charge in [-0.1, -0.05) is 42.0 Å². The van der Waals surface area contributed by atoms with Crippen molar-refractivity contribution in [3.63, 3.8) is 0 Å². The number of thiocarbonyl (C=S) groups is 1. The maximum Gasteiger partial charge on any atom is 0.272 e. The van der Waals surface area contributed by atoms with E-state index in [0.29, 0.717) is 29.0 Å². The van der Waals surface area contributed by atoms with Gasteiger partial charge < -0.3 is 5.73 Å². The molecule has 2 N–H and O–H groups in total. The molecule has 0 bridgehead atoms. The summed E-state index contributed by atoms with van der Waals surface area (Å²) in [5.41, 5.74) is 14.2. The molecule has 3 aromatic carbocycles. The molecule has 4 rings (SSSR count). The lowest BCUT2D eigenvalue weighted by Gasteiger charge is -2.06. The zero-order valence-electron chi connectivity index (χ0n) is 22.9. The highest BCUT2D eigenvalue weighted by Gasteiger charge is 2.15. The number of thiazole rings is 1. The van der Waals surface area contributed by atoms with E-state index < -0.39 is 0 Å². The molecule has 0 atom stereocenters. The lowest BCUT2D eigenvalue weighted by atomic mass is 10.0. The van der Waals surface area contributed by atoms with Crippen molar-refractivity contribution in [1.82, 2.24) is 4.98 Å². The van der Waals surface area contributed by atoms with E-state index in [-0.39, 0.29) is 38.2 Å². The first-order valence-electron chi connectivity index (χ1n) is 12.1. The van der Waals surface area contributed by atoms with Crippen LogP contribution in [-0.4, -0.2) is 19.8 Å². The average Bonchev–Trinajstić information content (AvgIpc) is 3.32. The zero-order valence-corrected chi connectivity index (χ0v) is 26.2. The maximum atomic E-state index is 11.0. The van der Waals surface area contributed by atoms with Crippen LogP contribution in [-0.2, 0) is 12.8 Å². The van der Waals surface area contributed by atoms with E-state index in [2.05, 4.69) is 36.6 Å². The Morgan fingerprint density at radius 1 is 0.850 bits per heavy atom. The minimum absolute atomic E-state index is 0. The summed E-state index contributed by atoms with van der Waals surface area (Å²) in [5.74, 6) is 0. The topological polar surface area (TPSA) is 125 Å². The van der Waals surface area contributed by atoms with Crippen LogP contribution in [0.3, 0.4) is 0 Å². The van der Waals surface area contributed by atoms with E-state index in [1.54, 1.807) is 43.4 Å². The molecule has 210 valence electrons. The first-order chi connectivity index (χ1) is 18.3. The summed E-state index contributed by atoms with van der Waals surface area (Å²) in [6, 6.07) is 15.2. The van der Waals surface area contributed by atoms with E-state index in [4.69, 9.17) is 22.9 Å². The van der Waals surface area contributed by atoms with Gasteiger partial charge in [-0.05, 0) is 69.0 Å². The Hall–Kier alpha value is -3.54. The van der Waals surface area contributed by atoms with E-state index in [9.17, 15) is 20.2 Å². The molecule has 0 aliphatic carbocycles. The second-order valence-corrected chi connectivity index (χ2v) is 10.9. The van der Waals surface area contributed by atoms with Crippen LogP contribution in [0, 0.1) is 54.8 Å². The molecule has 1 aromatic heterocycles. The summed E-state index contributed by atoms with van der Waals surface area (Å²) in [6.45, 7) is 9.29. The van der Waals surface area contributed by atoms with Gasteiger partial charge in [-0.3, -0.25) is 20.2 Å². The Kier molecular flexibility index (Phi) is 11.6. The summed E-state index contributed by atoms with van der Waals surface area (Å²) < 4.78 is 0. The quantitative estimate of drug-likeness (QED) is 0.124. The molecule has 0 amide bonds. The van der Waals surface area contributed by atoms with Gasteiger partial charge in [-0.25, -0.2) is 4.98 Å². The maximum absolute atomic E-state index is 11.0. The van der Waals surface area contributed by atoms with Gasteiger partial charge in [-0.15, -0.1) is 28.3 Å². The van der Waals surface area contributed by atoms with Crippen molar-refractivity contribution < 1.29 is 9.85 Å². The van der Waals surface area contributed by atoms with Crippen LogP contribution < -0.4 is 5.73 Å². The number of rotatable bonds is 7. The summed E-state index contributed by atoms with van der Waals surface area (Å²) in [6.07, 6.45) is 1.18. The fourth-order valence-corrected chi connectivity index (χ4v) is 5.08. The monoisotopic (exact) mass is 642 g/mol. The van der Waals surface area contributed by atoms with Gasteiger partial charge in [-0.2, -0.15) is 0 Å². The molecular formula is C29H31BrN4O4S2. The third-order valence-electron chi connectivity index (χ3n) is 6.31. The lowest BCUT2D eigenvalue weighted by molar-refractivity contribution is -0.385. The summed E-state index contributed by atoms with van der Waals surface area (Å²) >= 11 is 6.43. The number of nitro groups is 2. The predicted octanol–water partition coefficient (Wildman–Crippen LogP) is 7.85. The first kappa shape index (κ1) is 32.7. The molecule has 11 heteroatoms. The minimum Gasteiger partial charge on any atom is -0.393 e. The van der Waals surface area contributed by atoms with Gasteiger partial charge in [0.05, 0.1) is 25.5 Å². The molecule has 0 unspecified atom stereocenters. The first-order valence-corrected chi connectivity index (χ1v) is 13.4. The number of nitrogens with two attached hydrogens (primary N) is 1. The summed E-state index contributed by atoms with van der Waals surface area (Å²) in [7, 11) is 0. The van der Waals surface area contributed by atoms with Gasteiger partial charge in [0.1, 0.15) is 0 Å². The number of hydrogen-bond donors (Lipinski definition) is 1. The third-order valence-corrected chi connectivity index (χ3v) is 7.30. The number of aromatic nitrogens is 1. The SMILES string of the molecule is Br.Cc1cc([N+](=O)[O-])c(C)cc1CC(N)=S.Cc1ccc(-c2csc(Cc3cc(C)c([N+](=O)[O-])cc3C)n2)cc1. The Morgan fingerprint density at radius 2 is 1.35 bits per heavy atom. The Balaban J connectivity index is 0.000000304. The van der Waals surface area contributed by atoms with Crippen LogP contribution >= 0.6 is 40.5 Å². The molecule has 1 heterocycles. The highest BCUT2D eigenvalue weighted by Crippen LogP contribution is 2.28. The summed E-state index contributed by atoms with van der Waals surface area (Å²) in [4.78, 5) is 26.1. The van der Waals surface area contributed by atoms with Crippen molar-refractivity contribution in [3.05, 3.63) is 118 Å². The van der Waals surface area contributed by atoms with Gasteiger partial charge in [0.2, 0.25) is 0 Å². The van der Waals surface area contributed by atoms with Crippen LogP contribution in [0.2, 0.25) is 0 Å². The van der Waals surface area contributed by atoms with Crippen LogP contribution in [0.4, 0.5) is 11.4 Å². The molecule has 0 saturated heterocycles. The molecule has 4 aromatic rings. The molecule has 8 nitrogen and oxygen atoms in total. The number of aryl methyl sites for hydroxylation is 5. The van der Waals surface area contributed by atoms with E-state index in [0.717, 1.165) is 38.5 Å². The molecule has 0 radical (unpaired) electrons. The molecular weight excluding hydrogens is 612 g/mol. The van der Waals surface area contributed by atoms with Crippen LogP contribution in [0.5, 0.6) is 0 Å². The smallest absolute Gasteiger partial charge is 0.272 e. The van der Waals surface area contributed by atoms with Crippen LogP contribution in [0.1, 0.15) is 44.0 Å². The largest absolute Gasteiger partial charge is 0.393 e. The van der Waals surface area contributed by atoms with Gasteiger partial charge in [0.15, 0.2) is 0 Å². The van der Waals surface area contributed by atoms with E-state index in [1.807, 2.05) is 19.9 Å². The zero-order chi connectivity index (χ0) is 28.9. The van der Waals surface area contributed by atoms with Crippen molar-refractivity contribution in [2.75, 3.05) is 0 Å². The van der Waals surface area contributed by atoms with Crippen molar-refractivity contribution in [2.24, 2.45) is 5.73 Å². The Labute approximate surface area is 253 Å². The summed E-state index contributed by atoms with van der Waals surface area (Å²) in [5, 5.41) is 24.8. The number of hydrogen-bond acceptors (Lipinski definition) is 7. The Bertz CT molecular complexity index is 1550. The van der Waals surface area contributed by atoms with Crippen molar-refractivity contribution >= 4 is 56.9 Å². The molecule has 0 saturated carbocycles. The van der Waals surface area contributed by atoms with Gasteiger partial charge in [0, 0.05) is 47.0 Å². The fourth-order valence-electron chi connectivity index (χ4n) is 4.10. The fraction of sp³-hybridized carbons (Fsp3) is 0.241. The van der Waals surface area contributed by atoms with Gasteiger partial charge in [0.25, 0.3) is 11.4 Å². The van der Waals surface area contributed by atoms with Gasteiger partial charge >= 0.3 is 0 Å². The lowest BCUT2D eigenvalue weighted by Crippen LogP contribution is -2.12. The molecule has 0 aliphatic heterocycles. The highest BCUT2D eigenvalue weighted by atomic mass is 79.9. The number of nitrogens with zero attached hydrogens (tertiary/aromatic N) is 3. The van der Waals surface area contributed by atoms with Crippen molar-refractivity contribution in [2.45, 2.75) is 47.5 Å². The number of benzene rings is 3. The normalized spacial score (nSPS) is 10.2. The number of nitro benzene ring substituents is 2. The standard InChI is InChI=1S/C19H18N2O2S.C10H12N2O2S.BrH/c1-12-4-6-15(7-5-12)17-11-24-19(20-17)10-16-8-14(3)18(21(22)23)9-13(16)2;1-6-4-9(12(13)14)7(2)3-8(6)5-10(11)15;/h4-9,11H,10H2,1-3H3;3-4H,5H2,1-2H3,(H2,11,15);1H.